The zero-order valence-corrected chi connectivity index (χ0v) is 9.60. The SMILES string of the molecule is O=C(O)C1CCN(CCCF)c2ccccc21. The molecule has 92 valence electrons. The van der Waals surface area contributed by atoms with Crippen molar-refractivity contribution in [1.29, 1.82) is 0 Å². The van der Waals surface area contributed by atoms with Gasteiger partial charge in [0.05, 0.1) is 12.6 Å². The van der Waals surface area contributed by atoms with Crippen molar-refractivity contribution in [2.75, 3.05) is 24.7 Å². The number of carboxylic acid groups (broad SMARTS) is 1. The fourth-order valence-corrected chi connectivity index (χ4v) is 2.37. The standard InChI is InChI=1S/C13H16FNO2/c14-7-3-8-15-9-6-11(13(16)17)10-4-1-2-5-12(10)15/h1-2,4-5,11H,3,6-9H2,(H,16,17). The minimum Gasteiger partial charge on any atom is -0.481 e. The first-order valence-electron chi connectivity index (χ1n) is 5.86. The third-order valence-corrected chi connectivity index (χ3v) is 3.20. The molecule has 1 aromatic carbocycles. The topological polar surface area (TPSA) is 40.5 Å². The van der Waals surface area contributed by atoms with Gasteiger partial charge in [-0.3, -0.25) is 9.18 Å². The highest BCUT2D eigenvalue weighted by Crippen LogP contribution is 2.35. The average Bonchev–Trinajstić information content (AvgIpc) is 2.35. The van der Waals surface area contributed by atoms with Crippen LogP contribution in [0.4, 0.5) is 10.1 Å². The Balaban J connectivity index is 2.27. The van der Waals surface area contributed by atoms with Gasteiger partial charge in [-0.05, 0) is 24.5 Å². The van der Waals surface area contributed by atoms with Crippen molar-refractivity contribution in [2.24, 2.45) is 0 Å². The summed E-state index contributed by atoms with van der Waals surface area (Å²) in [4.78, 5) is 13.2. The number of nitrogens with zero attached hydrogens (tertiary/aromatic N) is 1. The van der Waals surface area contributed by atoms with Gasteiger partial charge in [-0.15, -0.1) is 0 Å². The highest BCUT2D eigenvalue weighted by atomic mass is 19.1. The smallest absolute Gasteiger partial charge is 0.311 e. The number of hydrogen-bond acceptors (Lipinski definition) is 2. The summed E-state index contributed by atoms with van der Waals surface area (Å²) < 4.78 is 12.2. The Bertz CT molecular complexity index is 408. The van der Waals surface area contributed by atoms with Gasteiger partial charge in [0.15, 0.2) is 0 Å². The number of para-hydroxylation sites is 1. The van der Waals surface area contributed by atoms with Gasteiger partial charge in [-0.25, -0.2) is 0 Å². The third-order valence-electron chi connectivity index (χ3n) is 3.20. The van der Waals surface area contributed by atoms with Crippen LogP contribution in [0.2, 0.25) is 0 Å². The lowest BCUT2D eigenvalue weighted by molar-refractivity contribution is -0.139. The maximum atomic E-state index is 12.2. The largest absolute Gasteiger partial charge is 0.481 e. The highest BCUT2D eigenvalue weighted by Gasteiger charge is 2.29. The number of anilines is 1. The van der Waals surface area contributed by atoms with E-state index in [1.54, 1.807) is 0 Å². The lowest BCUT2D eigenvalue weighted by Crippen LogP contribution is -2.34. The number of hydrogen-bond donors (Lipinski definition) is 1. The van der Waals surface area contributed by atoms with Crippen LogP contribution in [0.5, 0.6) is 0 Å². The summed E-state index contributed by atoms with van der Waals surface area (Å²) in [7, 11) is 0. The number of rotatable bonds is 4. The number of benzene rings is 1. The van der Waals surface area contributed by atoms with Crippen molar-refractivity contribution < 1.29 is 14.3 Å². The molecular formula is C13H16FNO2. The van der Waals surface area contributed by atoms with Crippen molar-refractivity contribution in [1.82, 2.24) is 0 Å². The van der Waals surface area contributed by atoms with E-state index in [9.17, 15) is 9.18 Å². The minimum absolute atomic E-state index is 0.332. The highest BCUT2D eigenvalue weighted by molar-refractivity contribution is 5.80. The quantitative estimate of drug-likeness (QED) is 0.874. The fourth-order valence-electron chi connectivity index (χ4n) is 2.37. The van der Waals surface area contributed by atoms with E-state index in [-0.39, 0.29) is 6.67 Å². The fraction of sp³-hybridized carbons (Fsp3) is 0.462. The van der Waals surface area contributed by atoms with Crippen LogP contribution in [0.25, 0.3) is 0 Å². The Hall–Kier alpha value is -1.58. The molecule has 0 spiro atoms. The maximum absolute atomic E-state index is 12.2. The molecule has 0 bridgehead atoms. The molecule has 1 aliphatic heterocycles. The molecule has 0 amide bonds. The van der Waals surface area contributed by atoms with Gasteiger partial charge in [0, 0.05) is 18.8 Å². The summed E-state index contributed by atoms with van der Waals surface area (Å²) in [6.07, 6.45) is 1.09. The Kier molecular flexibility index (Phi) is 3.61. The van der Waals surface area contributed by atoms with Gasteiger partial charge in [0.1, 0.15) is 0 Å². The Labute approximate surface area is 99.9 Å². The molecule has 0 aromatic heterocycles. The van der Waals surface area contributed by atoms with Gasteiger partial charge in [-0.1, -0.05) is 18.2 Å². The molecular weight excluding hydrogens is 221 g/mol. The molecule has 4 heteroatoms. The van der Waals surface area contributed by atoms with E-state index < -0.39 is 11.9 Å². The van der Waals surface area contributed by atoms with Crippen molar-refractivity contribution >= 4 is 11.7 Å². The van der Waals surface area contributed by atoms with E-state index in [2.05, 4.69) is 4.90 Å². The van der Waals surface area contributed by atoms with Crippen LogP contribution in [0.1, 0.15) is 24.3 Å². The van der Waals surface area contributed by atoms with Crippen LogP contribution in [-0.4, -0.2) is 30.8 Å². The molecule has 2 rings (SSSR count). The van der Waals surface area contributed by atoms with Crippen molar-refractivity contribution in [2.45, 2.75) is 18.8 Å². The molecule has 1 heterocycles. The second-order valence-electron chi connectivity index (χ2n) is 4.27. The van der Waals surface area contributed by atoms with E-state index in [1.165, 1.54) is 0 Å². The predicted octanol–water partition coefficient (Wildman–Crippen LogP) is 2.42. The summed E-state index contributed by atoms with van der Waals surface area (Å²) in [5, 5.41) is 9.17. The van der Waals surface area contributed by atoms with Crippen LogP contribution in [0.15, 0.2) is 24.3 Å². The van der Waals surface area contributed by atoms with Crippen LogP contribution >= 0.6 is 0 Å². The summed E-state index contributed by atoms with van der Waals surface area (Å²) in [5.74, 6) is -1.20. The minimum atomic E-state index is -0.775. The van der Waals surface area contributed by atoms with Gasteiger partial charge >= 0.3 is 5.97 Å². The lowest BCUT2D eigenvalue weighted by atomic mass is 9.90. The first-order chi connectivity index (χ1) is 8.24. The number of carbonyl (C=O) groups is 1. The number of halogens is 1. The molecule has 0 aliphatic carbocycles. The second kappa shape index (κ2) is 5.17. The van der Waals surface area contributed by atoms with Crippen LogP contribution in [0.3, 0.4) is 0 Å². The Morgan fingerprint density at radius 3 is 2.94 bits per heavy atom. The van der Waals surface area contributed by atoms with Gasteiger partial charge in [0.25, 0.3) is 0 Å². The van der Waals surface area contributed by atoms with E-state index in [0.717, 1.165) is 11.3 Å². The Morgan fingerprint density at radius 1 is 1.47 bits per heavy atom. The van der Waals surface area contributed by atoms with Crippen molar-refractivity contribution in [3.05, 3.63) is 29.8 Å². The molecule has 1 aromatic rings. The van der Waals surface area contributed by atoms with Crippen molar-refractivity contribution in [3.63, 3.8) is 0 Å². The molecule has 1 atom stereocenters. The van der Waals surface area contributed by atoms with E-state index in [0.29, 0.717) is 25.9 Å². The maximum Gasteiger partial charge on any atom is 0.311 e. The number of carboxylic acids is 1. The van der Waals surface area contributed by atoms with Crippen LogP contribution in [-0.2, 0) is 4.79 Å². The molecule has 0 saturated heterocycles. The van der Waals surface area contributed by atoms with Crippen molar-refractivity contribution in [3.8, 4) is 0 Å². The molecule has 1 unspecified atom stereocenters. The second-order valence-corrected chi connectivity index (χ2v) is 4.27. The third kappa shape index (κ3) is 2.40. The Morgan fingerprint density at radius 2 is 2.24 bits per heavy atom. The summed E-state index contributed by atoms with van der Waals surface area (Å²) >= 11 is 0. The first-order valence-corrected chi connectivity index (χ1v) is 5.86. The van der Waals surface area contributed by atoms with Crippen LogP contribution < -0.4 is 4.90 Å². The lowest BCUT2D eigenvalue weighted by Gasteiger charge is -2.34. The number of fused-ring (bicyclic) bond motifs is 1. The number of aliphatic carboxylic acids is 1. The summed E-state index contributed by atoms with van der Waals surface area (Å²) in [6.45, 7) is 1.01. The summed E-state index contributed by atoms with van der Waals surface area (Å²) in [5.41, 5.74) is 1.80. The summed E-state index contributed by atoms with van der Waals surface area (Å²) in [6, 6.07) is 7.53. The monoisotopic (exact) mass is 237 g/mol. The van der Waals surface area contributed by atoms with Crippen LogP contribution in [0, 0.1) is 0 Å². The average molecular weight is 237 g/mol. The molecule has 0 radical (unpaired) electrons. The zero-order chi connectivity index (χ0) is 12.3. The van der Waals surface area contributed by atoms with Gasteiger partial charge < -0.3 is 10.0 Å². The van der Waals surface area contributed by atoms with E-state index in [4.69, 9.17) is 5.11 Å². The molecule has 3 nitrogen and oxygen atoms in total. The zero-order valence-electron chi connectivity index (χ0n) is 9.60. The molecule has 0 fully saturated rings. The predicted molar refractivity (Wildman–Crippen MR) is 64.2 cm³/mol. The molecule has 1 aliphatic rings. The number of alkyl halides is 1. The molecule has 1 N–H and O–H groups in total. The molecule has 17 heavy (non-hydrogen) atoms. The first kappa shape index (κ1) is 11.9. The van der Waals surface area contributed by atoms with Gasteiger partial charge in [-0.2, -0.15) is 0 Å². The van der Waals surface area contributed by atoms with Gasteiger partial charge in [0.2, 0.25) is 0 Å². The normalized spacial score (nSPS) is 18.9. The van der Waals surface area contributed by atoms with E-state index in [1.807, 2.05) is 24.3 Å². The van der Waals surface area contributed by atoms with E-state index >= 15 is 0 Å². The molecule has 0 saturated carbocycles.